The number of carbonyl (C=O) groups is 1. The van der Waals surface area contributed by atoms with Gasteiger partial charge in [0.25, 0.3) is 0 Å². The fourth-order valence-electron chi connectivity index (χ4n) is 2.84. The van der Waals surface area contributed by atoms with Crippen molar-refractivity contribution in [3.8, 4) is 0 Å². The summed E-state index contributed by atoms with van der Waals surface area (Å²) in [6.45, 7) is 4.32. The van der Waals surface area contributed by atoms with Gasteiger partial charge < -0.3 is 4.90 Å². The predicted molar refractivity (Wildman–Crippen MR) is 52.3 cm³/mol. The molecule has 2 rings (SSSR count). The zero-order chi connectivity index (χ0) is 9.42. The van der Waals surface area contributed by atoms with Gasteiger partial charge in [-0.05, 0) is 33.1 Å². The summed E-state index contributed by atoms with van der Waals surface area (Å²) in [5.74, 6) is 0.800. The Morgan fingerprint density at radius 2 is 1.69 bits per heavy atom. The van der Waals surface area contributed by atoms with Crippen LogP contribution in [-0.2, 0) is 4.79 Å². The van der Waals surface area contributed by atoms with E-state index in [4.69, 9.17) is 0 Å². The Kier molecular flexibility index (Phi) is 2.31. The first-order valence-corrected chi connectivity index (χ1v) is 5.52. The normalized spacial score (nSPS) is 34.8. The highest BCUT2D eigenvalue weighted by atomic mass is 16.2. The second-order valence-corrected chi connectivity index (χ2v) is 4.66. The Labute approximate surface area is 80.3 Å². The van der Waals surface area contributed by atoms with E-state index in [0.29, 0.717) is 23.9 Å². The fourth-order valence-corrected chi connectivity index (χ4v) is 2.84. The largest absolute Gasteiger partial charge is 0.337 e. The van der Waals surface area contributed by atoms with Gasteiger partial charge >= 0.3 is 0 Å². The molecule has 1 amide bonds. The Morgan fingerprint density at radius 1 is 1.15 bits per heavy atom. The summed E-state index contributed by atoms with van der Waals surface area (Å²) in [6.07, 6.45) is 5.97. The first-order valence-electron chi connectivity index (χ1n) is 5.52. The van der Waals surface area contributed by atoms with E-state index in [-0.39, 0.29) is 0 Å². The van der Waals surface area contributed by atoms with Crippen molar-refractivity contribution < 1.29 is 4.79 Å². The van der Waals surface area contributed by atoms with Gasteiger partial charge in [0.05, 0.1) is 0 Å². The van der Waals surface area contributed by atoms with Crippen LogP contribution >= 0.6 is 0 Å². The molecule has 0 aromatic carbocycles. The lowest BCUT2D eigenvalue weighted by atomic mass is 9.92. The summed E-state index contributed by atoms with van der Waals surface area (Å²) >= 11 is 0. The summed E-state index contributed by atoms with van der Waals surface area (Å²) in [6, 6.07) is 1.01. The quantitative estimate of drug-likeness (QED) is 0.607. The summed E-state index contributed by atoms with van der Waals surface area (Å²) < 4.78 is 0. The first kappa shape index (κ1) is 9.04. The van der Waals surface area contributed by atoms with Crippen LogP contribution in [0.2, 0.25) is 0 Å². The zero-order valence-electron chi connectivity index (χ0n) is 8.62. The molecule has 0 bridgehead atoms. The molecule has 1 aliphatic heterocycles. The lowest BCUT2D eigenvalue weighted by Crippen LogP contribution is -2.57. The Balaban J connectivity index is 1.95. The third kappa shape index (κ3) is 1.47. The van der Waals surface area contributed by atoms with Crippen molar-refractivity contribution in [3.05, 3.63) is 0 Å². The number of hydrogen-bond donors (Lipinski definition) is 0. The summed E-state index contributed by atoms with van der Waals surface area (Å²) in [7, 11) is 0. The van der Waals surface area contributed by atoms with Crippen LogP contribution in [0.3, 0.4) is 0 Å². The highest BCUT2D eigenvalue weighted by Gasteiger charge is 2.39. The van der Waals surface area contributed by atoms with Gasteiger partial charge in [0.15, 0.2) is 0 Å². The average Bonchev–Trinajstić information content (AvgIpc) is 2.55. The molecule has 0 spiro atoms. The third-order valence-electron chi connectivity index (χ3n) is 3.59. The van der Waals surface area contributed by atoms with Crippen LogP contribution in [0.1, 0.15) is 46.0 Å². The monoisotopic (exact) mass is 181 g/mol. The van der Waals surface area contributed by atoms with Crippen molar-refractivity contribution in [1.29, 1.82) is 0 Å². The maximum atomic E-state index is 12.0. The SMILES string of the molecule is CC1CC(C)N1C(=O)C1CCCC1. The van der Waals surface area contributed by atoms with E-state index in [1.54, 1.807) is 0 Å². The lowest BCUT2D eigenvalue weighted by molar-refractivity contribution is -0.147. The minimum atomic E-state index is 0.366. The van der Waals surface area contributed by atoms with Crippen molar-refractivity contribution in [2.45, 2.75) is 58.0 Å². The molecule has 2 fully saturated rings. The molecule has 1 aliphatic carbocycles. The average molecular weight is 181 g/mol. The highest BCUT2D eigenvalue weighted by Crippen LogP contribution is 2.32. The van der Waals surface area contributed by atoms with Gasteiger partial charge in [-0.1, -0.05) is 12.8 Å². The van der Waals surface area contributed by atoms with E-state index in [0.717, 1.165) is 12.8 Å². The molecule has 1 saturated carbocycles. The van der Waals surface area contributed by atoms with E-state index < -0.39 is 0 Å². The van der Waals surface area contributed by atoms with E-state index in [2.05, 4.69) is 18.7 Å². The number of likely N-dealkylation sites (tertiary alicyclic amines) is 1. The molecule has 74 valence electrons. The summed E-state index contributed by atoms with van der Waals surface area (Å²) in [5.41, 5.74) is 0. The van der Waals surface area contributed by atoms with Crippen molar-refractivity contribution in [2.24, 2.45) is 5.92 Å². The molecule has 13 heavy (non-hydrogen) atoms. The van der Waals surface area contributed by atoms with E-state index in [1.807, 2.05) is 0 Å². The Morgan fingerprint density at radius 3 is 2.15 bits per heavy atom. The van der Waals surface area contributed by atoms with Gasteiger partial charge in [0, 0.05) is 18.0 Å². The van der Waals surface area contributed by atoms with E-state index >= 15 is 0 Å². The third-order valence-corrected chi connectivity index (χ3v) is 3.59. The van der Waals surface area contributed by atoms with Crippen LogP contribution in [0.25, 0.3) is 0 Å². The van der Waals surface area contributed by atoms with Gasteiger partial charge in [0.1, 0.15) is 0 Å². The fraction of sp³-hybridized carbons (Fsp3) is 0.909. The second-order valence-electron chi connectivity index (χ2n) is 4.66. The van der Waals surface area contributed by atoms with Crippen LogP contribution in [-0.4, -0.2) is 22.9 Å². The molecule has 2 nitrogen and oxygen atoms in total. The summed E-state index contributed by atoms with van der Waals surface area (Å²) in [4.78, 5) is 14.1. The van der Waals surface area contributed by atoms with Crippen molar-refractivity contribution >= 4 is 5.91 Å². The molecule has 0 aromatic rings. The number of nitrogens with zero attached hydrogens (tertiary/aromatic N) is 1. The molecule has 0 N–H and O–H groups in total. The van der Waals surface area contributed by atoms with Gasteiger partial charge in [0.2, 0.25) is 5.91 Å². The number of carbonyl (C=O) groups excluding carboxylic acids is 1. The summed E-state index contributed by atoms with van der Waals surface area (Å²) in [5, 5.41) is 0. The van der Waals surface area contributed by atoms with Crippen molar-refractivity contribution in [2.75, 3.05) is 0 Å². The molecular formula is C11H19NO. The Hall–Kier alpha value is -0.530. The smallest absolute Gasteiger partial charge is 0.226 e. The number of amides is 1. The molecular weight excluding hydrogens is 162 g/mol. The van der Waals surface area contributed by atoms with E-state index in [9.17, 15) is 4.79 Å². The van der Waals surface area contributed by atoms with Gasteiger partial charge in [-0.15, -0.1) is 0 Å². The number of rotatable bonds is 1. The Bertz CT molecular complexity index is 200. The lowest BCUT2D eigenvalue weighted by Gasteiger charge is -2.46. The molecule has 2 unspecified atom stereocenters. The molecule has 2 heteroatoms. The second kappa shape index (κ2) is 3.32. The van der Waals surface area contributed by atoms with Crippen LogP contribution in [0.4, 0.5) is 0 Å². The molecule has 1 heterocycles. The number of hydrogen-bond acceptors (Lipinski definition) is 1. The topological polar surface area (TPSA) is 20.3 Å². The first-order chi connectivity index (χ1) is 6.20. The molecule has 0 aromatic heterocycles. The molecule has 0 radical (unpaired) electrons. The van der Waals surface area contributed by atoms with Crippen LogP contribution in [0.15, 0.2) is 0 Å². The van der Waals surface area contributed by atoms with Gasteiger partial charge in [-0.2, -0.15) is 0 Å². The zero-order valence-corrected chi connectivity index (χ0v) is 8.62. The highest BCUT2D eigenvalue weighted by molar-refractivity contribution is 5.80. The minimum absolute atomic E-state index is 0.366. The molecule has 2 atom stereocenters. The van der Waals surface area contributed by atoms with Crippen molar-refractivity contribution in [3.63, 3.8) is 0 Å². The standard InChI is InChI=1S/C11H19NO/c1-8-7-9(2)12(8)11(13)10-5-3-4-6-10/h8-10H,3-7H2,1-2H3. The van der Waals surface area contributed by atoms with E-state index in [1.165, 1.54) is 19.3 Å². The van der Waals surface area contributed by atoms with Crippen LogP contribution in [0.5, 0.6) is 0 Å². The maximum absolute atomic E-state index is 12.0. The maximum Gasteiger partial charge on any atom is 0.226 e. The van der Waals surface area contributed by atoms with Crippen molar-refractivity contribution in [1.82, 2.24) is 4.90 Å². The van der Waals surface area contributed by atoms with Gasteiger partial charge in [-0.3, -0.25) is 4.79 Å². The van der Waals surface area contributed by atoms with Crippen LogP contribution < -0.4 is 0 Å². The molecule has 1 saturated heterocycles. The predicted octanol–water partition coefficient (Wildman–Crippen LogP) is 2.19. The van der Waals surface area contributed by atoms with Gasteiger partial charge in [-0.25, -0.2) is 0 Å². The minimum Gasteiger partial charge on any atom is -0.337 e. The van der Waals surface area contributed by atoms with Crippen LogP contribution in [0, 0.1) is 5.92 Å². The molecule has 2 aliphatic rings.